The van der Waals surface area contributed by atoms with Crippen LogP contribution in [0, 0.1) is 14.9 Å². The molecule has 0 saturated heterocycles. The first-order chi connectivity index (χ1) is 11.1. The van der Waals surface area contributed by atoms with Crippen molar-refractivity contribution in [3.05, 3.63) is 63.2 Å². The number of nitrogens with zero attached hydrogens (tertiary/aromatic N) is 1. The molecule has 0 fully saturated rings. The van der Waals surface area contributed by atoms with Crippen molar-refractivity contribution in [3.8, 4) is 6.07 Å². The standard InChI is InChI=1S/C17H14IN3O2/c18-15-4-2-1-3-14(15)17(23)21-13-7-5-12(6-8-13)11-20-16(22)9-10-19/h1-8H,9,11H2,(H,20,22)(H,21,23). The van der Waals surface area contributed by atoms with Gasteiger partial charge in [-0.25, -0.2) is 0 Å². The molecule has 0 aliphatic heterocycles. The Morgan fingerprint density at radius 1 is 1.09 bits per heavy atom. The summed E-state index contributed by atoms with van der Waals surface area (Å²) in [5.74, 6) is -0.464. The number of hydrogen-bond donors (Lipinski definition) is 2. The number of amides is 2. The van der Waals surface area contributed by atoms with Gasteiger partial charge in [0.15, 0.2) is 0 Å². The summed E-state index contributed by atoms with van der Waals surface area (Å²) >= 11 is 2.12. The average molecular weight is 419 g/mol. The molecular weight excluding hydrogens is 405 g/mol. The molecule has 0 unspecified atom stereocenters. The number of benzene rings is 2. The van der Waals surface area contributed by atoms with Gasteiger partial charge in [-0.15, -0.1) is 0 Å². The number of carbonyl (C=O) groups excluding carboxylic acids is 2. The lowest BCUT2D eigenvalue weighted by molar-refractivity contribution is -0.120. The number of nitrogens with one attached hydrogen (secondary N) is 2. The van der Waals surface area contributed by atoms with Gasteiger partial charge in [0.05, 0.1) is 11.6 Å². The summed E-state index contributed by atoms with van der Waals surface area (Å²) in [7, 11) is 0. The fourth-order valence-corrected chi connectivity index (χ4v) is 2.52. The fourth-order valence-electron chi connectivity index (χ4n) is 1.88. The van der Waals surface area contributed by atoms with Crippen LogP contribution in [0.4, 0.5) is 5.69 Å². The van der Waals surface area contributed by atoms with Gasteiger partial charge in [0.2, 0.25) is 5.91 Å². The first-order valence-electron chi connectivity index (χ1n) is 6.88. The highest BCUT2D eigenvalue weighted by Crippen LogP contribution is 2.15. The minimum atomic E-state index is -0.302. The first kappa shape index (κ1) is 17.0. The van der Waals surface area contributed by atoms with Crippen molar-refractivity contribution in [1.82, 2.24) is 5.32 Å². The zero-order chi connectivity index (χ0) is 16.7. The topological polar surface area (TPSA) is 82.0 Å². The molecule has 0 atom stereocenters. The van der Waals surface area contributed by atoms with Gasteiger partial charge in [-0.2, -0.15) is 5.26 Å². The third-order valence-corrected chi connectivity index (χ3v) is 4.00. The Kier molecular flexibility index (Phi) is 6.11. The van der Waals surface area contributed by atoms with Gasteiger partial charge in [-0.05, 0) is 52.4 Å². The first-order valence-corrected chi connectivity index (χ1v) is 7.96. The highest BCUT2D eigenvalue weighted by atomic mass is 127. The second-order valence-electron chi connectivity index (χ2n) is 4.74. The van der Waals surface area contributed by atoms with Crippen LogP contribution in [0.3, 0.4) is 0 Å². The molecule has 116 valence electrons. The molecule has 2 aromatic rings. The van der Waals surface area contributed by atoms with Crippen LogP contribution in [0.1, 0.15) is 22.3 Å². The van der Waals surface area contributed by atoms with Crippen LogP contribution in [0.15, 0.2) is 48.5 Å². The monoisotopic (exact) mass is 419 g/mol. The van der Waals surface area contributed by atoms with E-state index in [0.29, 0.717) is 17.8 Å². The Labute approximate surface area is 147 Å². The Bertz CT molecular complexity index is 751. The largest absolute Gasteiger partial charge is 0.351 e. The summed E-state index contributed by atoms with van der Waals surface area (Å²) in [6.45, 7) is 0.353. The van der Waals surface area contributed by atoms with E-state index in [1.165, 1.54) is 0 Å². The second-order valence-corrected chi connectivity index (χ2v) is 5.90. The summed E-state index contributed by atoms with van der Waals surface area (Å²) in [6.07, 6.45) is -0.149. The lowest BCUT2D eigenvalue weighted by Gasteiger charge is -2.08. The molecule has 23 heavy (non-hydrogen) atoms. The van der Waals surface area contributed by atoms with Gasteiger partial charge in [0.25, 0.3) is 5.91 Å². The zero-order valence-electron chi connectivity index (χ0n) is 12.2. The zero-order valence-corrected chi connectivity index (χ0v) is 14.3. The maximum absolute atomic E-state index is 12.2. The molecule has 0 aromatic heterocycles. The summed E-state index contributed by atoms with van der Waals surface area (Å²) in [6, 6.07) is 16.3. The predicted octanol–water partition coefficient (Wildman–Crippen LogP) is 3.07. The number of halogens is 1. The quantitative estimate of drug-likeness (QED) is 0.731. The molecule has 2 aromatic carbocycles. The van der Waals surface area contributed by atoms with Crippen molar-refractivity contribution in [2.45, 2.75) is 13.0 Å². The van der Waals surface area contributed by atoms with E-state index in [4.69, 9.17) is 5.26 Å². The minimum absolute atomic E-state index is 0.149. The van der Waals surface area contributed by atoms with Crippen LogP contribution >= 0.6 is 22.6 Å². The Morgan fingerprint density at radius 2 is 1.78 bits per heavy atom. The molecule has 0 aliphatic carbocycles. The van der Waals surface area contributed by atoms with Crippen LogP contribution in [0.2, 0.25) is 0 Å². The molecule has 0 saturated carbocycles. The van der Waals surface area contributed by atoms with E-state index >= 15 is 0 Å². The molecule has 0 spiro atoms. The number of rotatable bonds is 5. The molecule has 2 N–H and O–H groups in total. The van der Waals surface area contributed by atoms with E-state index in [2.05, 4.69) is 33.2 Å². The van der Waals surface area contributed by atoms with E-state index in [1.54, 1.807) is 24.3 Å². The Morgan fingerprint density at radius 3 is 2.43 bits per heavy atom. The second kappa shape index (κ2) is 8.29. The van der Waals surface area contributed by atoms with E-state index in [0.717, 1.165) is 9.13 Å². The number of hydrogen-bond acceptors (Lipinski definition) is 3. The van der Waals surface area contributed by atoms with Crippen molar-refractivity contribution in [2.24, 2.45) is 0 Å². The maximum atomic E-state index is 12.2. The lowest BCUT2D eigenvalue weighted by Crippen LogP contribution is -2.21. The molecule has 0 heterocycles. The highest BCUT2D eigenvalue weighted by Gasteiger charge is 2.09. The smallest absolute Gasteiger partial charge is 0.256 e. The van der Waals surface area contributed by atoms with E-state index < -0.39 is 0 Å². The van der Waals surface area contributed by atoms with Crippen LogP contribution < -0.4 is 10.6 Å². The number of anilines is 1. The Balaban J connectivity index is 1.95. The molecule has 0 radical (unpaired) electrons. The molecule has 6 heteroatoms. The summed E-state index contributed by atoms with van der Waals surface area (Å²) in [5, 5.41) is 13.9. The average Bonchev–Trinajstić information content (AvgIpc) is 2.55. The van der Waals surface area contributed by atoms with Gasteiger partial charge < -0.3 is 10.6 Å². The summed E-state index contributed by atoms with van der Waals surface area (Å²) < 4.78 is 0.888. The molecule has 0 bridgehead atoms. The number of nitriles is 1. The lowest BCUT2D eigenvalue weighted by atomic mass is 10.2. The fraction of sp³-hybridized carbons (Fsp3) is 0.118. The SMILES string of the molecule is N#CCC(=O)NCc1ccc(NC(=O)c2ccccc2I)cc1. The van der Waals surface area contributed by atoms with Gasteiger partial charge in [-0.3, -0.25) is 9.59 Å². The third-order valence-electron chi connectivity index (χ3n) is 3.06. The Hall–Kier alpha value is -2.40. The van der Waals surface area contributed by atoms with Crippen LogP contribution in [-0.4, -0.2) is 11.8 Å². The molecular formula is C17H14IN3O2. The molecule has 5 nitrogen and oxygen atoms in total. The molecule has 2 amide bonds. The van der Waals surface area contributed by atoms with Crippen molar-refractivity contribution < 1.29 is 9.59 Å². The summed E-state index contributed by atoms with van der Waals surface area (Å²) in [4.78, 5) is 23.4. The summed E-state index contributed by atoms with van der Waals surface area (Å²) in [5.41, 5.74) is 2.20. The molecule has 2 rings (SSSR count). The van der Waals surface area contributed by atoms with Crippen molar-refractivity contribution in [2.75, 3.05) is 5.32 Å². The van der Waals surface area contributed by atoms with Crippen molar-refractivity contribution >= 4 is 40.1 Å². The normalized spacial score (nSPS) is 9.74. The van der Waals surface area contributed by atoms with E-state index in [9.17, 15) is 9.59 Å². The number of carbonyl (C=O) groups is 2. The predicted molar refractivity (Wildman–Crippen MR) is 95.6 cm³/mol. The van der Waals surface area contributed by atoms with Gasteiger partial charge in [-0.1, -0.05) is 24.3 Å². The highest BCUT2D eigenvalue weighted by molar-refractivity contribution is 14.1. The van der Waals surface area contributed by atoms with Gasteiger partial charge in [0, 0.05) is 15.8 Å². The van der Waals surface area contributed by atoms with Gasteiger partial charge >= 0.3 is 0 Å². The molecule has 0 aliphatic rings. The van der Waals surface area contributed by atoms with Crippen molar-refractivity contribution in [1.29, 1.82) is 5.26 Å². The minimum Gasteiger partial charge on any atom is -0.351 e. The van der Waals surface area contributed by atoms with Crippen molar-refractivity contribution in [3.63, 3.8) is 0 Å². The van der Waals surface area contributed by atoms with Gasteiger partial charge in [0.1, 0.15) is 6.42 Å². The maximum Gasteiger partial charge on any atom is 0.256 e. The van der Waals surface area contributed by atoms with E-state index in [-0.39, 0.29) is 18.2 Å². The van der Waals surface area contributed by atoms with Crippen LogP contribution in [0.25, 0.3) is 0 Å². The van der Waals surface area contributed by atoms with Crippen LogP contribution in [0.5, 0.6) is 0 Å². The van der Waals surface area contributed by atoms with E-state index in [1.807, 2.05) is 30.3 Å². The third kappa shape index (κ3) is 5.07. The van der Waals surface area contributed by atoms with Crippen LogP contribution in [-0.2, 0) is 11.3 Å².